The summed E-state index contributed by atoms with van der Waals surface area (Å²) in [5, 5.41) is 5.01. The number of para-hydroxylation sites is 1. The maximum absolute atomic E-state index is 13.4. The molecule has 0 aromatic heterocycles. The molecule has 2 N–H and O–H groups in total. The number of carbonyl (C=O) groups is 2. The number of carbonyl (C=O) groups excluding carboxylic acids is 2. The molecule has 0 saturated carbocycles. The fourth-order valence-corrected chi connectivity index (χ4v) is 1.81. The van der Waals surface area contributed by atoms with Gasteiger partial charge in [-0.05, 0) is 36.4 Å². The quantitative estimate of drug-likeness (QED) is 0.844. The second-order valence-electron chi connectivity index (χ2n) is 4.38. The van der Waals surface area contributed by atoms with Gasteiger partial charge in [-0.3, -0.25) is 9.59 Å². The van der Waals surface area contributed by atoms with Crippen LogP contribution in [0.15, 0.2) is 42.5 Å². The molecule has 0 spiro atoms. The first-order valence-corrected chi connectivity index (χ1v) is 6.63. The van der Waals surface area contributed by atoms with Crippen molar-refractivity contribution in [2.24, 2.45) is 0 Å². The molecule has 0 radical (unpaired) electrons. The predicted octanol–water partition coefficient (Wildman–Crippen LogP) is 3.59. The summed E-state index contributed by atoms with van der Waals surface area (Å²) in [5.41, 5.74) is -0.119. The third kappa shape index (κ3) is 4.26. The van der Waals surface area contributed by atoms with Crippen LogP contribution in [0, 0.1) is 11.6 Å². The van der Waals surface area contributed by atoms with E-state index in [9.17, 15) is 18.4 Å². The summed E-state index contributed by atoms with van der Waals surface area (Å²) in [6, 6.07) is 9.47. The van der Waals surface area contributed by atoms with Gasteiger partial charge >= 0.3 is 0 Å². The lowest BCUT2D eigenvalue weighted by atomic mass is 10.2. The highest BCUT2D eigenvalue weighted by molar-refractivity contribution is 6.30. The van der Waals surface area contributed by atoms with Gasteiger partial charge in [-0.1, -0.05) is 17.7 Å². The van der Waals surface area contributed by atoms with Crippen molar-refractivity contribution in [3.8, 4) is 0 Å². The van der Waals surface area contributed by atoms with Crippen molar-refractivity contribution in [1.29, 1.82) is 0 Å². The molecule has 2 amide bonds. The molecular weight excluding hydrogens is 314 g/mol. The van der Waals surface area contributed by atoms with Crippen LogP contribution in [-0.4, -0.2) is 11.8 Å². The lowest BCUT2D eigenvalue weighted by Crippen LogP contribution is -2.22. The van der Waals surface area contributed by atoms with Gasteiger partial charge in [-0.15, -0.1) is 0 Å². The average molecular weight is 325 g/mol. The fraction of sp³-hybridized carbons (Fsp3) is 0.0667. The van der Waals surface area contributed by atoms with E-state index in [0.717, 1.165) is 12.1 Å². The molecule has 0 aliphatic rings. The van der Waals surface area contributed by atoms with Crippen LogP contribution in [-0.2, 0) is 9.59 Å². The lowest BCUT2D eigenvalue weighted by Gasteiger charge is -2.08. The third-order valence-electron chi connectivity index (χ3n) is 2.68. The van der Waals surface area contributed by atoms with E-state index < -0.39 is 35.6 Å². The zero-order chi connectivity index (χ0) is 16.1. The highest BCUT2D eigenvalue weighted by Gasteiger charge is 2.14. The molecule has 0 fully saturated rings. The summed E-state index contributed by atoms with van der Waals surface area (Å²) in [6.45, 7) is 0. The van der Waals surface area contributed by atoms with Crippen LogP contribution < -0.4 is 10.6 Å². The lowest BCUT2D eigenvalue weighted by molar-refractivity contribution is -0.123. The third-order valence-corrected chi connectivity index (χ3v) is 2.93. The van der Waals surface area contributed by atoms with Crippen molar-refractivity contribution < 1.29 is 18.4 Å². The molecule has 0 aliphatic carbocycles. The number of rotatable bonds is 4. The zero-order valence-corrected chi connectivity index (χ0v) is 12.0. The van der Waals surface area contributed by atoms with Gasteiger partial charge in [-0.2, -0.15) is 0 Å². The summed E-state index contributed by atoms with van der Waals surface area (Å²) in [6.07, 6.45) is -0.573. The Kier molecular flexibility index (Phi) is 5.06. The molecule has 0 heterocycles. The van der Waals surface area contributed by atoms with Crippen molar-refractivity contribution in [3.05, 3.63) is 59.1 Å². The number of nitrogens with one attached hydrogen (secondary N) is 2. The second-order valence-corrected chi connectivity index (χ2v) is 4.81. The number of halogens is 3. The van der Waals surface area contributed by atoms with Crippen molar-refractivity contribution in [2.75, 3.05) is 10.6 Å². The molecular formula is C15H11ClF2N2O2. The summed E-state index contributed by atoms with van der Waals surface area (Å²) in [5.74, 6) is -3.26. The van der Waals surface area contributed by atoms with Crippen molar-refractivity contribution in [1.82, 2.24) is 0 Å². The molecule has 0 bridgehead atoms. The Hall–Kier alpha value is -2.47. The van der Waals surface area contributed by atoms with Gasteiger partial charge in [0.2, 0.25) is 11.8 Å². The highest BCUT2D eigenvalue weighted by atomic mass is 35.5. The van der Waals surface area contributed by atoms with Gasteiger partial charge in [0, 0.05) is 10.7 Å². The van der Waals surface area contributed by atoms with Gasteiger partial charge in [-0.25, -0.2) is 8.78 Å². The minimum absolute atomic E-state index is 0.458. The van der Waals surface area contributed by atoms with Crippen molar-refractivity contribution in [3.63, 3.8) is 0 Å². The van der Waals surface area contributed by atoms with E-state index in [4.69, 9.17) is 11.6 Å². The van der Waals surface area contributed by atoms with E-state index in [1.54, 1.807) is 24.3 Å². The molecule has 2 aromatic rings. The summed E-state index contributed by atoms with van der Waals surface area (Å²) >= 11 is 5.70. The summed E-state index contributed by atoms with van der Waals surface area (Å²) in [4.78, 5) is 23.3. The molecule has 0 saturated heterocycles. The summed E-state index contributed by atoms with van der Waals surface area (Å²) in [7, 11) is 0. The normalized spacial score (nSPS) is 10.1. The Balaban J connectivity index is 1.94. The maximum atomic E-state index is 13.4. The van der Waals surface area contributed by atoms with Crippen LogP contribution in [0.5, 0.6) is 0 Å². The van der Waals surface area contributed by atoms with Crippen LogP contribution >= 0.6 is 11.6 Å². The Morgan fingerprint density at radius 2 is 1.45 bits per heavy atom. The molecule has 4 nitrogen and oxygen atoms in total. The van der Waals surface area contributed by atoms with Gasteiger partial charge in [0.15, 0.2) is 0 Å². The van der Waals surface area contributed by atoms with E-state index in [1.807, 2.05) is 5.32 Å². The summed E-state index contributed by atoms with van der Waals surface area (Å²) < 4.78 is 26.7. The van der Waals surface area contributed by atoms with Crippen LogP contribution in [0.25, 0.3) is 0 Å². The van der Waals surface area contributed by atoms with Crippen LogP contribution in [0.2, 0.25) is 5.02 Å². The largest absolute Gasteiger partial charge is 0.326 e. The van der Waals surface area contributed by atoms with E-state index >= 15 is 0 Å². The fourth-order valence-electron chi connectivity index (χ4n) is 1.69. The Morgan fingerprint density at radius 3 is 2.05 bits per heavy atom. The van der Waals surface area contributed by atoms with Gasteiger partial charge in [0.1, 0.15) is 23.7 Å². The number of amides is 2. The first-order chi connectivity index (χ1) is 10.5. The zero-order valence-electron chi connectivity index (χ0n) is 11.2. The van der Waals surface area contributed by atoms with Crippen LogP contribution in [0.3, 0.4) is 0 Å². The SMILES string of the molecule is O=C(CC(=O)Nc1c(F)cccc1F)Nc1ccc(Cl)cc1. The number of hydrogen-bond donors (Lipinski definition) is 2. The van der Waals surface area contributed by atoms with Crippen LogP contribution in [0.4, 0.5) is 20.2 Å². The molecule has 2 rings (SSSR count). The molecule has 0 aliphatic heterocycles. The standard InChI is InChI=1S/C15H11ClF2N2O2/c16-9-4-6-10(7-5-9)19-13(21)8-14(22)20-15-11(17)2-1-3-12(15)18/h1-7H,8H2,(H,19,21)(H,20,22). The predicted molar refractivity (Wildman–Crippen MR) is 79.7 cm³/mol. The van der Waals surface area contributed by atoms with Crippen LogP contribution in [0.1, 0.15) is 6.42 Å². The topological polar surface area (TPSA) is 58.2 Å². The Morgan fingerprint density at radius 1 is 0.909 bits per heavy atom. The highest BCUT2D eigenvalue weighted by Crippen LogP contribution is 2.18. The van der Waals surface area contributed by atoms with Crippen molar-refractivity contribution in [2.45, 2.75) is 6.42 Å². The Bertz CT molecular complexity index is 685. The first-order valence-electron chi connectivity index (χ1n) is 6.25. The minimum Gasteiger partial charge on any atom is -0.326 e. The van der Waals surface area contributed by atoms with Gasteiger partial charge in [0.05, 0.1) is 0 Å². The number of anilines is 2. The molecule has 2 aromatic carbocycles. The maximum Gasteiger partial charge on any atom is 0.233 e. The number of benzene rings is 2. The molecule has 0 unspecified atom stereocenters. The minimum atomic E-state index is -0.911. The van der Waals surface area contributed by atoms with E-state index in [2.05, 4.69) is 5.32 Å². The van der Waals surface area contributed by atoms with Gasteiger partial charge in [0.25, 0.3) is 0 Å². The molecule has 0 atom stereocenters. The average Bonchev–Trinajstić information content (AvgIpc) is 2.45. The smallest absolute Gasteiger partial charge is 0.233 e. The second kappa shape index (κ2) is 7.00. The molecule has 7 heteroatoms. The van der Waals surface area contributed by atoms with E-state index in [-0.39, 0.29) is 0 Å². The monoisotopic (exact) mass is 324 g/mol. The molecule has 22 heavy (non-hydrogen) atoms. The first kappa shape index (κ1) is 15.9. The molecule has 114 valence electrons. The number of hydrogen-bond acceptors (Lipinski definition) is 2. The van der Waals surface area contributed by atoms with E-state index in [0.29, 0.717) is 10.7 Å². The van der Waals surface area contributed by atoms with E-state index in [1.165, 1.54) is 6.07 Å². The van der Waals surface area contributed by atoms with Crippen molar-refractivity contribution >= 4 is 34.8 Å². The van der Waals surface area contributed by atoms with Gasteiger partial charge < -0.3 is 10.6 Å². The Labute approximate surface area is 130 Å².